The van der Waals surface area contributed by atoms with E-state index in [0.29, 0.717) is 34.7 Å². The van der Waals surface area contributed by atoms with Gasteiger partial charge in [0, 0.05) is 12.6 Å². The highest BCUT2D eigenvalue weighted by atomic mass is 32.2. The van der Waals surface area contributed by atoms with E-state index in [1.54, 1.807) is 45.4 Å². The average Bonchev–Trinajstić information content (AvgIpc) is 3.07. The molecule has 1 amide bonds. The molecule has 0 saturated heterocycles. The van der Waals surface area contributed by atoms with Gasteiger partial charge in [-0.15, -0.1) is 16.8 Å². The number of nitrogens with zero attached hydrogens (tertiary/aromatic N) is 2. The first-order chi connectivity index (χ1) is 11.6. The zero-order valence-corrected chi connectivity index (χ0v) is 14.6. The van der Waals surface area contributed by atoms with Gasteiger partial charge < -0.3 is 19.2 Å². The first-order valence-corrected chi connectivity index (χ1v) is 8.08. The van der Waals surface area contributed by atoms with Gasteiger partial charge in [-0.3, -0.25) is 4.79 Å². The maximum absolute atomic E-state index is 11.9. The van der Waals surface area contributed by atoms with Gasteiger partial charge in [0.2, 0.25) is 5.91 Å². The standard InChI is InChI=1S/C16H19N3O4S/c1-5-8-17-14(20)10(2)24-16-19-18-15(23-16)12-7-6-11(21-3)9-13(12)22-4/h5-7,9-10H,1,8H2,2-4H3,(H,17,20)/t10-/m0/s1. The molecule has 0 saturated carbocycles. The summed E-state index contributed by atoms with van der Waals surface area (Å²) in [4.78, 5) is 11.9. The number of benzene rings is 1. The summed E-state index contributed by atoms with van der Waals surface area (Å²) in [6.07, 6.45) is 1.62. The molecule has 0 fully saturated rings. The number of thioether (sulfide) groups is 1. The monoisotopic (exact) mass is 349 g/mol. The van der Waals surface area contributed by atoms with Gasteiger partial charge >= 0.3 is 0 Å². The number of carbonyl (C=O) groups excluding carboxylic acids is 1. The van der Waals surface area contributed by atoms with Crippen LogP contribution in [-0.4, -0.2) is 42.1 Å². The zero-order valence-electron chi connectivity index (χ0n) is 13.7. The summed E-state index contributed by atoms with van der Waals surface area (Å²) in [6, 6.07) is 5.29. The normalized spacial score (nSPS) is 11.6. The molecular formula is C16H19N3O4S. The second-order valence-electron chi connectivity index (χ2n) is 4.73. The van der Waals surface area contributed by atoms with Crippen molar-refractivity contribution >= 4 is 17.7 Å². The second kappa shape index (κ2) is 8.39. The lowest BCUT2D eigenvalue weighted by atomic mass is 10.2. The van der Waals surface area contributed by atoms with Crippen LogP contribution in [0.15, 0.2) is 40.5 Å². The van der Waals surface area contributed by atoms with Crippen molar-refractivity contribution in [1.29, 1.82) is 0 Å². The van der Waals surface area contributed by atoms with Crippen molar-refractivity contribution in [3.8, 4) is 23.0 Å². The maximum Gasteiger partial charge on any atom is 0.277 e. The Hall–Kier alpha value is -2.48. The molecular weight excluding hydrogens is 330 g/mol. The molecule has 1 heterocycles. The lowest BCUT2D eigenvalue weighted by molar-refractivity contribution is -0.120. The van der Waals surface area contributed by atoms with Crippen LogP contribution in [-0.2, 0) is 4.79 Å². The molecule has 0 aliphatic rings. The molecule has 0 aliphatic heterocycles. The van der Waals surface area contributed by atoms with Gasteiger partial charge in [0.15, 0.2) is 0 Å². The second-order valence-corrected chi connectivity index (χ2v) is 6.03. The van der Waals surface area contributed by atoms with Crippen molar-refractivity contribution in [2.45, 2.75) is 17.4 Å². The highest BCUT2D eigenvalue weighted by Crippen LogP contribution is 2.34. The molecule has 1 atom stereocenters. The first kappa shape index (κ1) is 17.9. The van der Waals surface area contributed by atoms with E-state index < -0.39 is 0 Å². The molecule has 8 heteroatoms. The Balaban J connectivity index is 2.13. The van der Waals surface area contributed by atoms with E-state index in [-0.39, 0.29) is 11.2 Å². The predicted molar refractivity (Wildman–Crippen MR) is 91.4 cm³/mol. The minimum atomic E-state index is -0.365. The topological polar surface area (TPSA) is 86.5 Å². The molecule has 24 heavy (non-hydrogen) atoms. The Morgan fingerprint density at radius 1 is 1.42 bits per heavy atom. The lowest BCUT2D eigenvalue weighted by Crippen LogP contribution is -2.30. The van der Waals surface area contributed by atoms with Crippen LogP contribution in [0.3, 0.4) is 0 Å². The minimum absolute atomic E-state index is 0.123. The van der Waals surface area contributed by atoms with Gasteiger partial charge in [0.05, 0.1) is 25.0 Å². The molecule has 1 aromatic heterocycles. The van der Waals surface area contributed by atoms with Crippen LogP contribution >= 0.6 is 11.8 Å². The SMILES string of the molecule is C=CCNC(=O)[C@H](C)Sc1nnc(-c2ccc(OC)cc2OC)o1. The summed E-state index contributed by atoms with van der Waals surface area (Å²) in [5.41, 5.74) is 0.654. The van der Waals surface area contributed by atoms with Crippen LogP contribution in [0.4, 0.5) is 0 Å². The summed E-state index contributed by atoms with van der Waals surface area (Å²) < 4.78 is 16.1. The first-order valence-electron chi connectivity index (χ1n) is 7.20. The van der Waals surface area contributed by atoms with Crippen molar-refractivity contribution < 1.29 is 18.7 Å². The summed E-state index contributed by atoms with van der Waals surface area (Å²) in [5.74, 6) is 1.42. The quantitative estimate of drug-likeness (QED) is 0.579. The average molecular weight is 349 g/mol. The summed E-state index contributed by atoms with van der Waals surface area (Å²) >= 11 is 1.19. The van der Waals surface area contributed by atoms with E-state index in [1.165, 1.54) is 11.8 Å². The number of carbonyl (C=O) groups is 1. The van der Waals surface area contributed by atoms with E-state index in [1.807, 2.05) is 0 Å². The van der Waals surface area contributed by atoms with Crippen molar-refractivity contribution in [1.82, 2.24) is 15.5 Å². The summed E-state index contributed by atoms with van der Waals surface area (Å²) in [6.45, 7) is 5.74. The van der Waals surface area contributed by atoms with E-state index in [2.05, 4.69) is 22.1 Å². The summed E-state index contributed by atoms with van der Waals surface area (Å²) in [5, 5.41) is 10.7. The Labute approximate surface area is 144 Å². The fourth-order valence-corrected chi connectivity index (χ4v) is 2.57. The Bertz CT molecular complexity index is 717. The number of amides is 1. The van der Waals surface area contributed by atoms with Crippen LogP contribution in [0.2, 0.25) is 0 Å². The number of nitrogens with one attached hydrogen (secondary N) is 1. The van der Waals surface area contributed by atoms with Gasteiger partial charge in [-0.05, 0) is 19.1 Å². The molecule has 0 bridgehead atoms. The molecule has 1 aromatic carbocycles. The van der Waals surface area contributed by atoms with Crippen LogP contribution in [0.5, 0.6) is 11.5 Å². The highest BCUT2D eigenvalue weighted by molar-refractivity contribution is 8.00. The van der Waals surface area contributed by atoms with Gasteiger partial charge in [0.1, 0.15) is 11.5 Å². The van der Waals surface area contributed by atoms with Gasteiger partial charge in [-0.1, -0.05) is 17.8 Å². The molecule has 2 rings (SSSR count). The number of hydrogen-bond acceptors (Lipinski definition) is 7. The van der Waals surface area contributed by atoms with Crippen LogP contribution in [0, 0.1) is 0 Å². The number of ether oxygens (including phenoxy) is 2. The maximum atomic E-state index is 11.9. The highest BCUT2D eigenvalue weighted by Gasteiger charge is 2.19. The van der Waals surface area contributed by atoms with E-state index >= 15 is 0 Å². The molecule has 2 aromatic rings. The molecule has 128 valence electrons. The van der Waals surface area contributed by atoms with Crippen LogP contribution < -0.4 is 14.8 Å². The minimum Gasteiger partial charge on any atom is -0.497 e. The Morgan fingerprint density at radius 2 is 2.21 bits per heavy atom. The molecule has 0 aliphatic carbocycles. The van der Waals surface area contributed by atoms with Crippen LogP contribution in [0.1, 0.15) is 6.92 Å². The van der Waals surface area contributed by atoms with Crippen molar-refractivity contribution in [2.75, 3.05) is 20.8 Å². The third kappa shape index (κ3) is 4.29. The smallest absolute Gasteiger partial charge is 0.277 e. The lowest BCUT2D eigenvalue weighted by Gasteiger charge is -2.08. The molecule has 0 unspecified atom stereocenters. The van der Waals surface area contributed by atoms with Crippen LogP contribution in [0.25, 0.3) is 11.5 Å². The largest absolute Gasteiger partial charge is 0.497 e. The van der Waals surface area contributed by atoms with Crippen molar-refractivity contribution in [2.24, 2.45) is 0 Å². The fraction of sp³-hybridized carbons (Fsp3) is 0.312. The number of methoxy groups -OCH3 is 2. The predicted octanol–water partition coefficient (Wildman–Crippen LogP) is 2.54. The number of rotatable bonds is 8. The number of aromatic nitrogens is 2. The third-order valence-electron chi connectivity index (χ3n) is 3.11. The van der Waals surface area contributed by atoms with Gasteiger partial charge in [-0.25, -0.2) is 0 Å². The zero-order chi connectivity index (χ0) is 17.5. The van der Waals surface area contributed by atoms with Crippen molar-refractivity contribution in [3.63, 3.8) is 0 Å². The van der Waals surface area contributed by atoms with E-state index in [0.717, 1.165) is 0 Å². The molecule has 7 nitrogen and oxygen atoms in total. The van der Waals surface area contributed by atoms with Crippen molar-refractivity contribution in [3.05, 3.63) is 30.9 Å². The summed E-state index contributed by atoms with van der Waals surface area (Å²) in [7, 11) is 3.13. The Kier molecular flexibility index (Phi) is 6.25. The van der Waals surface area contributed by atoms with E-state index in [9.17, 15) is 4.79 Å². The molecule has 1 N–H and O–H groups in total. The third-order valence-corrected chi connectivity index (χ3v) is 4.05. The van der Waals surface area contributed by atoms with E-state index in [4.69, 9.17) is 13.9 Å². The van der Waals surface area contributed by atoms with Gasteiger partial charge in [-0.2, -0.15) is 0 Å². The number of hydrogen-bond donors (Lipinski definition) is 1. The molecule has 0 radical (unpaired) electrons. The van der Waals surface area contributed by atoms with Gasteiger partial charge in [0.25, 0.3) is 11.1 Å². The fourth-order valence-electron chi connectivity index (χ4n) is 1.86. The Morgan fingerprint density at radius 3 is 2.88 bits per heavy atom. The molecule has 0 spiro atoms.